The number of fused-ring (bicyclic) bond motifs is 1. The number of amides is 1. The van der Waals surface area contributed by atoms with Gasteiger partial charge in [0.15, 0.2) is 0 Å². The molecule has 2 heterocycles. The monoisotopic (exact) mass is 427 g/mol. The highest BCUT2D eigenvalue weighted by Crippen LogP contribution is 2.26. The Morgan fingerprint density at radius 3 is 2.65 bits per heavy atom. The molecule has 1 N–H and O–H groups in total. The van der Waals surface area contributed by atoms with Crippen LogP contribution < -0.4 is 10.9 Å². The van der Waals surface area contributed by atoms with Gasteiger partial charge in [-0.1, -0.05) is 6.07 Å². The van der Waals surface area contributed by atoms with Crippen LogP contribution in [0.15, 0.2) is 29.1 Å². The van der Waals surface area contributed by atoms with Gasteiger partial charge in [-0.2, -0.15) is 5.10 Å². The first-order valence-electron chi connectivity index (χ1n) is 10.5. The predicted octanol–water partition coefficient (Wildman–Crippen LogP) is 2.57. The summed E-state index contributed by atoms with van der Waals surface area (Å²) in [6, 6.07) is 6.17. The number of pyridine rings is 1. The van der Waals surface area contributed by atoms with Gasteiger partial charge in [-0.15, -0.1) is 0 Å². The molecule has 1 aromatic carbocycles. The highest BCUT2D eigenvalue weighted by molar-refractivity contribution is 5.85. The summed E-state index contributed by atoms with van der Waals surface area (Å²) in [5, 5.41) is 8.37. The zero-order valence-electron chi connectivity index (χ0n) is 18.8. The van der Waals surface area contributed by atoms with E-state index >= 15 is 0 Å². The van der Waals surface area contributed by atoms with Crippen molar-refractivity contribution in [1.29, 1.82) is 0 Å². The summed E-state index contributed by atoms with van der Waals surface area (Å²) in [5.74, 6) is -0.436. The molecule has 0 saturated heterocycles. The van der Waals surface area contributed by atoms with Gasteiger partial charge >= 0.3 is 0 Å². The molecule has 0 radical (unpaired) electrons. The topological polar surface area (TPSA) is 72.2 Å². The first kappa shape index (κ1) is 22.7. The largest absolute Gasteiger partial charge is 0.355 e. The van der Waals surface area contributed by atoms with Gasteiger partial charge < -0.3 is 10.2 Å². The molecule has 0 aliphatic heterocycles. The zero-order chi connectivity index (χ0) is 22.7. The number of hydrogen-bond donors (Lipinski definition) is 1. The van der Waals surface area contributed by atoms with Crippen molar-refractivity contribution in [2.75, 3.05) is 27.2 Å². The van der Waals surface area contributed by atoms with Crippen LogP contribution in [0.2, 0.25) is 0 Å². The minimum atomic E-state index is -0.363. The van der Waals surface area contributed by atoms with Gasteiger partial charge in [0, 0.05) is 37.0 Å². The highest BCUT2D eigenvalue weighted by atomic mass is 19.1. The number of rotatable bonds is 8. The maximum absolute atomic E-state index is 13.8. The Bertz CT molecular complexity index is 1160. The molecule has 0 fully saturated rings. The molecule has 31 heavy (non-hydrogen) atoms. The maximum Gasteiger partial charge on any atom is 0.255 e. The van der Waals surface area contributed by atoms with Crippen LogP contribution in [0.4, 0.5) is 4.39 Å². The van der Waals surface area contributed by atoms with E-state index < -0.39 is 0 Å². The third-order valence-electron chi connectivity index (χ3n) is 5.47. The van der Waals surface area contributed by atoms with Crippen molar-refractivity contribution in [3.63, 3.8) is 0 Å². The van der Waals surface area contributed by atoms with Crippen LogP contribution in [0.1, 0.15) is 30.2 Å². The molecular weight excluding hydrogens is 397 g/mol. The molecule has 0 unspecified atom stereocenters. The van der Waals surface area contributed by atoms with Crippen molar-refractivity contribution in [1.82, 2.24) is 24.6 Å². The molecule has 2 aromatic heterocycles. The fraction of sp³-hybridized carbons (Fsp3) is 0.435. The van der Waals surface area contributed by atoms with Gasteiger partial charge in [-0.25, -0.2) is 9.07 Å². The Labute approximate surface area is 181 Å². The second-order valence-corrected chi connectivity index (χ2v) is 7.98. The summed E-state index contributed by atoms with van der Waals surface area (Å²) < 4.78 is 17.1. The molecule has 7 nitrogen and oxygen atoms in total. The lowest BCUT2D eigenvalue weighted by Crippen LogP contribution is -2.32. The van der Waals surface area contributed by atoms with E-state index in [0.29, 0.717) is 36.4 Å². The normalized spacial score (nSPS) is 11.5. The quantitative estimate of drug-likeness (QED) is 0.600. The Morgan fingerprint density at radius 1 is 1.26 bits per heavy atom. The van der Waals surface area contributed by atoms with Gasteiger partial charge in [0.25, 0.3) is 5.56 Å². The van der Waals surface area contributed by atoms with Gasteiger partial charge in [-0.3, -0.25) is 14.2 Å². The smallest absolute Gasteiger partial charge is 0.255 e. The lowest BCUT2D eigenvalue weighted by Gasteiger charge is -2.15. The van der Waals surface area contributed by atoms with E-state index in [1.165, 1.54) is 12.1 Å². The number of carbonyl (C=O) groups excluding carboxylic acids is 1. The number of nitrogens with zero attached hydrogens (tertiary/aromatic N) is 4. The second-order valence-electron chi connectivity index (χ2n) is 7.98. The number of aromatic nitrogens is 3. The molecule has 166 valence electrons. The molecule has 0 atom stereocenters. The summed E-state index contributed by atoms with van der Waals surface area (Å²) in [6.07, 6.45) is 0.606. The maximum atomic E-state index is 13.8. The number of likely N-dealkylation sites (N-methyl/N-ethyl adjacent to an activating group) is 1. The number of aryl methyl sites for hydroxylation is 3. The number of hydrogen-bond acceptors (Lipinski definition) is 4. The van der Waals surface area contributed by atoms with E-state index in [-0.39, 0.29) is 23.7 Å². The number of nitrogens with one attached hydrogen (secondary N) is 1. The Kier molecular flexibility index (Phi) is 6.90. The summed E-state index contributed by atoms with van der Waals surface area (Å²) in [4.78, 5) is 27.6. The van der Waals surface area contributed by atoms with Crippen molar-refractivity contribution in [2.24, 2.45) is 0 Å². The van der Waals surface area contributed by atoms with Gasteiger partial charge in [0.2, 0.25) is 5.91 Å². The predicted molar refractivity (Wildman–Crippen MR) is 120 cm³/mol. The van der Waals surface area contributed by atoms with Gasteiger partial charge in [0.1, 0.15) is 11.5 Å². The Hall–Kier alpha value is -3.00. The minimum absolute atomic E-state index is 0.0732. The standard InChI is InChI=1S/C23H30FN5O2/c1-6-28-22-21(16(3)26-29(22)18-9-7-8-17(24)14-18)15(2)19(23(28)31)10-11-20(30)25-12-13-27(4)5/h7-9,14H,6,10-13H2,1-5H3,(H,25,30). The van der Waals surface area contributed by atoms with Gasteiger partial charge in [0.05, 0.1) is 11.4 Å². The highest BCUT2D eigenvalue weighted by Gasteiger charge is 2.21. The number of carbonyl (C=O) groups is 1. The van der Waals surface area contributed by atoms with E-state index in [0.717, 1.165) is 23.2 Å². The molecule has 3 rings (SSSR count). The molecule has 1 amide bonds. The van der Waals surface area contributed by atoms with E-state index in [1.54, 1.807) is 21.4 Å². The van der Waals surface area contributed by atoms with Crippen LogP contribution in [0, 0.1) is 19.7 Å². The molecule has 0 saturated carbocycles. The fourth-order valence-electron chi connectivity index (χ4n) is 3.90. The molecule has 3 aromatic rings. The average molecular weight is 428 g/mol. The second kappa shape index (κ2) is 9.43. The van der Waals surface area contributed by atoms with E-state index in [9.17, 15) is 14.0 Å². The Balaban J connectivity index is 2.01. The number of benzene rings is 1. The van der Waals surface area contributed by atoms with Gasteiger partial charge in [-0.05, 0) is 65.0 Å². The average Bonchev–Trinajstić information content (AvgIpc) is 3.05. The zero-order valence-corrected chi connectivity index (χ0v) is 18.8. The van der Waals surface area contributed by atoms with Crippen molar-refractivity contribution in [3.8, 4) is 5.69 Å². The molecular formula is C23H30FN5O2. The van der Waals surface area contributed by atoms with Crippen LogP contribution in [0.3, 0.4) is 0 Å². The first-order valence-corrected chi connectivity index (χ1v) is 10.5. The van der Waals surface area contributed by atoms with Crippen LogP contribution in [0.5, 0.6) is 0 Å². The third-order valence-corrected chi connectivity index (χ3v) is 5.47. The summed E-state index contributed by atoms with van der Waals surface area (Å²) >= 11 is 0. The lowest BCUT2D eigenvalue weighted by molar-refractivity contribution is -0.121. The molecule has 0 aliphatic rings. The van der Waals surface area contributed by atoms with Crippen molar-refractivity contribution < 1.29 is 9.18 Å². The summed E-state index contributed by atoms with van der Waals surface area (Å²) in [6.45, 7) is 7.45. The third kappa shape index (κ3) is 4.69. The molecule has 8 heteroatoms. The minimum Gasteiger partial charge on any atom is -0.355 e. The number of halogens is 1. The molecule has 0 spiro atoms. The Morgan fingerprint density at radius 2 is 2.00 bits per heavy atom. The summed E-state index contributed by atoms with van der Waals surface area (Å²) in [5.41, 5.74) is 3.28. The van der Waals surface area contributed by atoms with Crippen LogP contribution in [-0.2, 0) is 17.8 Å². The van der Waals surface area contributed by atoms with Crippen LogP contribution >= 0.6 is 0 Å². The van der Waals surface area contributed by atoms with Crippen molar-refractivity contribution in [2.45, 2.75) is 40.2 Å². The fourth-order valence-corrected chi connectivity index (χ4v) is 3.90. The van der Waals surface area contributed by atoms with E-state index in [2.05, 4.69) is 10.4 Å². The first-order chi connectivity index (χ1) is 14.7. The van der Waals surface area contributed by atoms with E-state index in [1.807, 2.05) is 39.8 Å². The van der Waals surface area contributed by atoms with Crippen molar-refractivity contribution >= 4 is 16.9 Å². The van der Waals surface area contributed by atoms with Crippen molar-refractivity contribution in [3.05, 3.63) is 57.3 Å². The molecule has 0 bridgehead atoms. The van der Waals surface area contributed by atoms with Crippen LogP contribution in [-0.4, -0.2) is 52.3 Å². The molecule has 0 aliphatic carbocycles. The SMILES string of the molecule is CCn1c(=O)c(CCC(=O)NCCN(C)C)c(C)c2c(C)nn(-c3cccc(F)c3)c21. The van der Waals surface area contributed by atoms with Crippen LogP contribution in [0.25, 0.3) is 16.7 Å². The summed E-state index contributed by atoms with van der Waals surface area (Å²) in [7, 11) is 3.90. The van der Waals surface area contributed by atoms with E-state index in [4.69, 9.17) is 0 Å². The lowest BCUT2D eigenvalue weighted by atomic mass is 10.0.